The van der Waals surface area contributed by atoms with Crippen molar-refractivity contribution in [2.24, 2.45) is 0 Å². The minimum atomic E-state index is 0. The fourth-order valence-corrected chi connectivity index (χ4v) is 1.51. The molecule has 0 aliphatic rings. The molecule has 0 fully saturated rings. The van der Waals surface area contributed by atoms with Crippen LogP contribution < -0.4 is 10.5 Å². The minimum Gasteiger partial charge on any atom is -0.487 e. The molecule has 90 valence electrons. The highest BCUT2D eigenvalue weighted by atomic mass is 35.5. The Morgan fingerprint density at radius 1 is 1.00 bits per heavy atom. The van der Waals surface area contributed by atoms with Gasteiger partial charge in [-0.05, 0) is 24.1 Å². The van der Waals surface area contributed by atoms with E-state index in [1.165, 1.54) is 0 Å². The van der Waals surface area contributed by atoms with Gasteiger partial charge in [-0.15, -0.1) is 12.4 Å². The lowest BCUT2D eigenvalue weighted by Crippen LogP contribution is -1.99. The second-order valence-corrected chi connectivity index (χ2v) is 3.76. The molecular weight excluding hydrogens is 234 g/mol. The van der Waals surface area contributed by atoms with Gasteiger partial charge < -0.3 is 10.5 Å². The Kier molecular flexibility index (Phi) is 4.85. The molecule has 0 atom stereocenters. The van der Waals surface area contributed by atoms with Crippen LogP contribution in [0.25, 0.3) is 0 Å². The zero-order chi connectivity index (χ0) is 11.4. The number of benzene rings is 2. The number of rotatable bonds is 3. The lowest BCUT2D eigenvalue weighted by molar-refractivity contribution is 0.308. The molecule has 0 saturated heterocycles. The lowest BCUT2D eigenvalue weighted by Gasteiger charge is -2.10. The van der Waals surface area contributed by atoms with Gasteiger partial charge in [0.05, 0.1) is 5.69 Å². The van der Waals surface area contributed by atoms with Crippen LogP contribution in [0.15, 0.2) is 48.5 Å². The summed E-state index contributed by atoms with van der Waals surface area (Å²) in [5, 5.41) is 0. The molecule has 0 spiro atoms. The van der Waals surface area contributed by atoms with Crippen LogP contribution >= 0.6 is 12.4 Å². The van der Waals surface area contributed by atoms with Crippen LogP contribution in [0, 0.1) is 6.92 Å². The standard InChI is InChI=1S/C14H15NO.ClH/c1-11-6-5-9-13(14(11)15)16-10-12-7-3-2-4-8-12;/h2-9H,10,15H2,1H3;1H. The third kappa shape index (κ3) is 3.40. The molecule has 0 radical (unpaired) electrons. The molecule has 2 aromatic rings. The van der Waals surface area contributed by atoms with Crippen molar-refractivity contribution in [1.29, 1.82) is 0 Å². The van der Waals surface area contributed by atoms with E-state index in [0.29, 0.717) is 6.61 Å². The Balaban J connectivity index is 0.00000144. The first kappa shape index (κ1) is 13.4. The summed E-state index contributed by atoms with van der Waals surface area (Å²) in [6, 6.07) is 15.9. The number of ether oxygens (including phenoxy) is 1. The highest BCUT2D eigenvalue weighted by molar-refractivity contribution is 5.85. The third-order valence-corrected chi connectivity index (χ3v) is 2.52. The lowest BCUT2D eigenvalue weighted by atomic mass is 10.2. The first-order valence-corrected chi connectivity index (χ1v) is 5.29. The number of hydrogen-bond donors (Lipinski definition) is 1. The van der Waals surface area contributed by atoms with Crippen LogP contribution in [0.3, 0.4) is 0 Å². The van der Waals surface area contributed by atoms with E-state index in [0.717, 1.165) is 22.6 Å². The summed E-state index contributed by atoms with van der Waals surface area (Å²) in [6.07, 6.45) is 0. The third-order valence-electron chi connectivity index (χ3n) is 2.52. The van der Waals surface area contributed by atoms with Gasteiger partial charge in [-0.1, -0.05) is 42.5 Å². The van der Waals surface area contributed by atoms with E-state index >= 15 is 0 Å². The van der Waals surface area contributed by atoms with Gasteiger partial charge in [0.15, 0.2) is 0 Å². The molecule has 0 bridgehead atoms. The van der Waals surface area contributed by atoms with Gasteiger partial charge in [-0.3, -0.25) is 0 Å². The normalized spacial score (nSPS) is 9.47. The largest absolute Gasteiger partial charge is 0.487 e. The smallest absolute Gasteiger partial charge is 0.142 e. The van der Waals surface area contributed by atoms with Crippen LogP contribution in [-0.4, -0.2) is 0 Å². The van der Waals surface area contributed by atoms with E-state index < -0.39 is 0 Å². The van der Waals surface area contributed by atoms with Crippen molar-refractivity contribution in [2.45, 2.75) is 13.5 Å². The van der Waals surface area contributed by atoms with Crippen molar-refractivity contribution in [2.75, 3.05) is 5.73 Å². The second kappa shape index (κ2) is 6.16. The zero-order valence-electron chi connectivity index (χ0n) is 9.72. The number of nitrogens with two attached hydrogens (primary N) is 1. The highest BCUT2D eigenvalue weighted by Gasteiger charge is 2.02. The van der Waals surface area contributed by atoms with Crippen LogP contribution in [0.5, 0.6) is 5.75 Å². The number of nitrogen functional groups attached to an aromatic ring is 1. The van der Waals surface area contributed by atoms with E-state index in [4.69, 9.17) is 10.5 Å². The fourth-order valence-electron chi connectivity index (χ4n) is 1.51. The molecule has 0 heterocycles. The number of para-hydroxylation sites is 1. The van der Waals surface area contributed by atoms with Crippen molar-refractivity contribution >= 4 is 18.1 Å². The molecular formula is C14H16ClNO. The maximum absolute atomic E-state index is 5.92. The van der Waals surface area contributed by atoms with Crippen LogP contribution in [0.1, 0.15) is 11.1 Å². The quantitative estimate of drug-likeness (QED) is 0.844. The fraction of sp³-hybridized carbons (Fsp3) is 0.143. The molecule has 0 aromatic heterocycles. The van der Waals surface area contributed by atoms with E-state index in [-0.39, 0.29) is 12.4 Å². The molecule has 2 rings (SSSR count). The van der Waals surface area contributed by atoms with Crippen LogP contribution in [-0.2, 0) is 6.61 Å². The SMILES string of the molecule is Cc1cccc(OCc2ccccc2)c1N.Cl. The average Bonchev–Trinajstić information content (AvgIpc) is 2.32. The summed E-state index contributed by atoms with van der Waals surface area (Å²) >= 11 is 0. The van der Waals surface area contributed by atoms with E-state index in [1.807, 2.05) is 55.5 Å². The van der Waals surface area contributed by atoms with E-state index in [2.05, 4.69) is 0 Å². The van der Waals surface area contributed by atoms with Crippen LogP contribution in [0.2, 0.25) is 0 Å². The summed E-state index contributed by atoms with van der Waals surface area (Å²) in [6.45, 7) is 2.53. The van der Waals surface area contributed by atoms with E-state index in [9.17, 15) is 0 Å². The molecule has 3 heteroatoms. The van der Waals surface area contributed by atoms with Gasteiger partial charge in [0.25, 0.3) is 0 Å². The number of hydrogen-bond acceptors (Lipinski definition) is 2. The monoisotopic (exact) mass is 249 g/mol. The van der Waals surface area contributed by atoms with E-state index in [1.54, 1.807) is 0 Å². The molecule has 0 unspecified atom stereocenters. The minimum absolute atomic E-state index is 0. The van der Waals surface area contributed by atoms with Gasteiger partial charge in [-0.2, -0.15) is 0 Å². The van der Waals surface area contributed by atoms with Crippen molar-refractivity contribution in [3.05, 3.63) is 59.7 Å². The zero-order valence-corrected chi connectivity index (χ0v) is 10.5. The van der Waals surface area contributed by atoms with Crippen LogP contribution in [0.4, 0.5) is 5.69 Å². The van der Waals surface area contributed by atoms with Crippen molar-refractivity contribution < 1.29 is 4.74 Å². The Morgan fingerprint density at radius 3 is 2.41 bits per heavy atom. The van der Waals surface area contributed by atoms with Gasteiger partial charge >= 0.3 is 0 Å². The topological polar surface area (TPSA) is 35.2 Å². The average molecular weight is 250 g/mol. The second-order valence-electron chi connectivity index (χ2n) is 3.76. The maximum Gasteiger partial charge on any atom is 0.142 e. The summed E-state index contributed by atoms with van der Waals surface area (Å²) < 4.78 is 5.68. The molecule has 2 N–H and O–H groups in total. The Hall–Kier alpha value is -1.67. The molecule has 2 nitrogen and oxygen atoms in total. The Morgan fingerprint density at radius 2 is 1.71 bits per heavy atom. The van der Waals surface area contributed by atoms with Gasteiger partial charge in [0.2, 0.25) is 0 Å². The Bertz CT molecular complexity index is 471. The van der Waals surface area contributed by atoms with Crippen molar-refractivity contribution in [1.82, 2.24) is 0 Å². The number of aryl methyl sites for hydroxylation is 1. The highest BCUT2D eigenvalue weighted by Crippen LogP contribution is 2.25. The molecule has 0 aliphatic heterocycles. The first-order valence-electron chi connectivity index (χ1n) is 5.29. The van der Waals surface area contributed by atoms with Gasteiger partial charge in [0.1, 0.15) is 12.4 Å². The molecule has 17 heavy (non-hydrogen) atoms. The Labute approximate surface area is 108 Å². The molecule has 0 saturated carbocycles. The van der Waals surface area contributed by atoms with Gasteiger partial charge in [0, 0.05) is 0 Å². The first-order chi connectivity index (χ1) is 7.77. The summed E-state index contributed by atoms with van der Waals surface area (Å²) in [7, 11) is 0. The van der Waals surface area contributed by atoms with Crippen molar-refractivity contribution in [3.63, 3.8) is 0 Å². The summed E-state index contributed by atoms with van der Waals surface area (Å²) in [5.74, 6) is 0.754. The van der Waals surface area contributed by atoms with Gasteiger partial charge in [-0.25, -0.2) is 0 Å². The molecule has 0 amide bonds. The predicted octanol–water partition coefficient (Wildman–Crippen LogP) is 3.58. The predicted molar refractivity (Wildman–Crippen MR) is 73.6 cm³/mol. The summed E-state index contributed by atoms with van der Waals surface area (Å²) in [5.41, 5.74) is 8.83. The number of anilines is 1. The summed E-state index contributed by atoms with van der Waals surface area (Å²) in [4.78, 5) is 0. The molecule has 0 aliphatic carbocycles. The molecule has 2 aromatic carbocycles. The maximum atomic E-state index is 5.92. The number of halogens is 1. The van der Waals surface area contributed by atoms with Crippen molar-refractivity contribution in [3.8, 4) is 5.75 Å².